The van der Waals surface area contributed by atoms with Crippen LogP contribution in [-0.4, -0.2) is 21.5 Å². The van der Waals surface area contributed by atoms with Crippen LogP contribution < -0.4 is 5.32 Å². The van der Waals surface area contributed by atoms with Crippen LogP contribution in [0.5, 0.6) is 0 Å². The highest BCUT2D eigenvalue weighted by Gasteiger charge is 2.27. The molecule has 0 unspecified atom stereocenters. The molecule has 0 bridgehead atoms. The number of hydrogen-bond acceptors (Lipinski definition) is 2. The Labute approximate surface area is 133 Å². The van der Waals surface area contributed by atoms with Crippen LogP contribution >= 0.6 is 0 Å². The van der Waals surface area contributed by atoms with E-state index in [1.165, 1.54) is 0 Å². The number of carbonyl (C=O) groups is 1. The Hall–Kier alpha value is -1.58. The predicted octanol–water partition coefficient (Wildman–Crippen LogP) is 2.97. The van der Waals surface area contributed by atoms with Gasteiger partial charge >= 0.3 is 0 Å². The molecule has 3 rings (SSSR count). The summed E-state index contributed by atoms with van der Waals surface area (Å²) in [6.45, 7) is 7.43. The molecular weight excluding hydrogens is 274 g/mol. The van der Waals surface area contributed by atoms with Crippen molar-refractivity contribution in [2.75, 3.05) is 0 Å². The third kappa shape index (κ3) is 3.26. The van der Waals surface area contributed by atoms with Gasteiger partial charge in [-0.15, -0.1) is 0 Å². The van der Waals surface area contributed by atoms with E-state index < -0.39 is 0 Å². The van der Waals surface area contributed by atoms with E-state index in [-0.39, 0.29) is 23.3 Å². The summed E-state index contributed by atoms with van der Waals surface area (Å²) in [5.74, 6) is 1.56. The number of allylic oxidation sites excluding steroid dienone is 2. The lowest BCUT2D eigenvalue weighted by Gasteiger charge is -2.27. The number of hydrogen-bond donors (Lipinski definition) is 1. The molecule has 120 valence electrons. The number of carbonyl (C=O) groups excluding carboxylic acids is 1. The second-order valence-corrected chi connectivity index (χ2v) is 7.67. The number of aryl methyl sites for hydroxylation is 1. The highest BCUT2D eigenvalue weighted by molar-refractivity contribution is 5.79. The third-order valence-corrected chi connectivity index (χ3v) is 4.75. The molecule has 0 fully saturated rings. The van der Waals surface area contributed by atoms with Crippen LogP contribution in [0.4, 0.5) is 0 Å². The molecule has 4 nitrogen and oxygen atoms in total. The van der Waals surface area contributed by atoms with Crippen molar-refractivity contribution in [2.24, 2.45) is 5.92 Å². The second-order valence-electron chi connectivity index (χ2n) is 7.67. The number of imidazole rings is 1. The zero-order chi connectivity index (χ0) is 15.7. The van der Waals surface area contributed by atoms with Crippen molar-refractivity contribution in [1.29, 1.82) is 0 Å². The van der Waals surface area contributed by atoms with E-state index in [9.17, 15) is 4.79 Å². The van der Waals surface area contributed by atoms with Crippen molar-refractivity contribution in [3.05, 3.63) is 29.9 Å². The van der Waals surface area contributed by atoms with Gasteiger partial charge in [0, 0.05) is 36.5 Å². The summed E-state index contributed by atoms with van der Waals surface area (Å²) in [6.07, 6.45) is 11.3. The van der Waals surface area contributed by atoms with Crippen LogP contribution in [0.2, 0.25) is 0 Å². The number of nitrogens with zero attached hydrogens (tertiary/aromatic N) is 2. The molecule has 1 aromatic rings. The molecule has 4 heteroatoms. The third-order valence-electron chi connectivity index (χ3n) is 4.75. The highest BCUT2D eigenvalue weighted by Crippen LogP contribution is 2.25. The van der Waals surface area contributed by atoms with Crippen LogP contribution in [0.1, 0.15) is 58.0 Å². The number of aromatic nitrogens is 2. The lowest BCUT2D eigenvalue weighted by molar-refractivity contribution is -0.126. The van der Waals surface area contributed by atoms with Gasteiger partial charge in [0.05, 0.1) is 5.69 Å². The van der Waals surface area contributed by atoms with Crippen molar-refractivity contribution in [3.8, 4) is 0 Å². The molecule has 0 aromatic carbocycles. The van der Waals surface area contributed by atoms with Gasteiger partial charge in [0.2, 0.25) is 5.91 Å². The van der Waals surface area contributed by atoms with Gasteiger partial charge in [-0.25, -0.2) is 4.98 Å². The average molecular weight is 301 g/mol. The van der Waals surface area contributed by atoms with E-state index in [0.717, 1.165) is 50.2 Å². The number of amides is 1. The van der Waals surface area contributed by atoms with Gasteiger partial charge in [-0.05, 0) is 25.7 Å². The molecule has 1 aliphatic heterocycles. The van der Waals surface area contributed by atoms with E-state index in [1.54, 1.807) is 0 Å². The van der Waals surface area contributed by atoms with E-state index in [0.29, 0.717) is 0 Å². The van der Waals surface area contributed by atoms with Gasteiger partial charge in [0.25, 0.3) is 0 Å². The van der Waals surface area contributed by atoms with Crippen LogP contribution in [0.25, 0.3) is 0 Å². The standard InChI is InChI=1S/C18H27N3O/c1-18(2,3)15-12-21-11-14(9-10-16(21)20-15)19-17(22)13-7-5-4-6-8-13/h4-5,12-14H,6-11H2,1-3H3,(H,19,22)/t13-,14-/m0/s1. The van der Waals surface area contributed by atoms with Crippen molar-refractivity contribution < 1.29 is 4.79 Å². The summed E-state index contributed by atoms with van der Waals surface area (Å²) < 4.78 is 2.23. The number of fused-ring (bicyclic) bond motifs is 1. The first kappa shape index (κ1) is 15.3. The Kier molecular flexibility index (Phi) is 4.11. The summed E-state index contributed by atoms with van der Waals surface area (Å²) in [4.78, 5) is 17.1. The molecule has 0 saturated carbocycles. The molecule has 1 amide bonds. The first-order valence-electron chi connectivity index (χ1n) is 8.45. The van der Waals surface area contributed by atoms with Gasteiger partial charge in [0.15, 0.2) is 0 Å². The zero-order valence-electron chi connectivity index (χ0n) is 13.9. The largest absolute Gasteiger partial charge is 0.351 e. The molecule has 2 atom stereocenters. The molecule has 0 saturated heterocycles. The van der Waals surface area contributed by atoms with E-state index in [4.69, 9.17) is 4.98 Å². The summed E-state index contributed by atoms with van der Waals surface area (Å²) in [6, 6.07) is 0.243. The minimum atomic E-state index is 0.0809. The van der Waals surface area contributed by atoms with Gasteiger partial charge in [-0.1, -0.05) is 32.9 Å². The van der Waals surface area contributed by atoms with Gasteiger partial charge in [-0.3, -0.25) is 4.79 Å². The Morgan fingerprint density at radius 1 is 1.32 bits per heavy atom. The average Bonchev–Trinajstić information content (AvgIpc) is 2.91. The lowest BCUT2D eigenvalue weighted by atomic mass is 9.93. The molecule has 0 radical (unpaired) electrons. The quantitative estimate of drug-likeness (QED) is 0.854. The molecule has 1 aliphatic carbocycles. The summed E-state index contributed by atoms with van der Waals surface area (Å²) in [5, 5.41) is 3.26. The zero-order valence-corrected chi connectivity index (χ0v) is 13.9. The van der Waals surface area contributed by atoms with E-state index in [1.807, 2.05) is 0 Å². The smallest absolute Gasteiger partial charge is 0.223 e. The maximum atomic E-state index is 12.4. The second kappa shape index (κ2) is 5.90. The van der Waals surface area contributed by atoms with E-state index in [2.05, 4.69) is 49.0 Å². The first-order chi connectivity index (χ1) is 10.4. The maximum Gasteiger partial charge on any atom is 0.223 e. The normalized spacial score (nSPS) is 24.9. The fraction of sp³-hybridized carbons (Fsp3) is 0.667. The number of nitrogens with one attached hydrogen (secondary N) is 1. The Balaban J connectivity index is 1.63. The van der Waals surface area contributed by atoms with Crippen molar-refractivity contribution >= 4 is 5.91 Å². The van der Waals surface area contributed by atoms with Crippen LogP contribution in [0, 0.1) is 5.92 Å². The minimum absolute atomic E-state index is 0.0809. The maximum absolute atomic E-state index is 12.4. The fourth-order valence-electron chi connectivity index (χ4n) is 3.27. The summed E-state index contributed by atoms with van der Waals surface area (Å²) >= 11 is 0. The van der Waals surface area contributed by atoms with Crippen molar-refractivity contribution in [1.82, 2.24) is 14.9 Å². The summed E-state index contributed by atoms with van der Waals surface area (Å²) in [7, 11) is 0. The molecular formula is C18H27N3O. The molecule has 2 heterocycles. The van der Waals surface area contributed by atoms with Crippen molar-refractivity contribution in [2.45, 2.75) is 70.9 Å². The van der Waals surface area contributed by atoms with Crippen LogP contribution in [-0.2, 0) is 23.2 Å². The molecule has 1 N–H and O–H groups in total. The molecule has 0 spiro atoms. The Morgan fingerprint density at radius 3 is 2.82 bits per heavy atom. The predicted molar refractivity (Wildman–Crippen MR) is 87.7 cm³/mol. The first-order valence-corrected chi connectivity index (χ1v) is 8.45. The number of rotatable bonds is 2. The summed E-state index contributed by atoms with van der Waals surface area (Å²) in [5.41, 5.74) is 1.23. The lowest BCUT2D eigenvalue weighted by Crippen LogP contribution is -2.43. The van der Waals surface area contributed by atoms with E-state index >= 15 is 0 Å². The molecule has 22 heavy (non-hydrogen) atoms. The minimum Gasteiger partial charge on any atom is -0.351 e. The Bertz CT molecular complexity index is 580. The van der Waals surface area contributed by atoms with Gasteiger partial charge in [0.1, 0.15) is 5.82 Å². The van der Waals surface area contributed by atoms with Gasteiger partial charge in [-0.2, -0.15) is 0 Å². The highest BCUT2D eigenvalue weighted by atomic mass is 16.1. The fourth-order valence-corrected chi connectivity index (χ4v) is 3.27. The SMILES string of the molecule is CC(C)(C)c1cn2c(n1)CC[C@H](NC(=O)[C@H]1CC=CCC1)C2. The topological polar surface area (TPSA) is 46.9 Å². The Morgan fingerprint density at radius 2 is 2.14 bits per heavy atom. The monoisotopic (exact) mass is 301 g/mol. The van der Waals surface area contributed by atoms with Crippen LogP contribution in [0.3, 0.4) is 0 Å². The van der Waals surface area contributed by atoms with Crippen LogP contribution in [0.15, 0.2) is 18.3 Å². The van der Waals surface area contributed by atoms with Crippen molar-refractivity contribution in [3.63, 3.8) is 0 Å². The molecule has 2 aliphatic rings. The molecule has 1 aromatic heterocycles. The van der Waals surface area contributed by atoms with Gasteiger partial charge < -0.3 is 9.88 Å².